The predicted molar refractivity (Wildman–Crippen MR) is 80.4 cm³/mol. The highest BCUT2D eigenvalue weighted by atomic mass is 32.1. The summed E-state index contributed by atoms with van der Waals surface area (Å²) in [7, 11) is 0. The number of unbranched alkanes of at least 4 members (excludes halogenated alkanes) is 2. The monoisotopic (exact) mass is 283 g/mol. The van der Waals surface area contributed by atoms with Crippen LogP contribution in [0, 0.1) is 0 Å². The summed E-state index contributed by atoms with van der Waals surface area (Å²) in [6.45, 7) is 6.31. The summed E-state index contributed by atoms with van der Waals surface area (Å²) in [6.07, 6.45) is 4.81. The molecule has 1 aromatic heterocycles. The van der Waals surface area contributed by atoms with Crippen molar-refractivity contribution in [2.45, 2.75) is 46.0 Å². The molecule has 0 spiro atoms. The number of thiazole rings is 1. The minimum atomic E-state index is 0.171. The molecule has 0 fully saturated rings. The van der Waals surface area contributed by atoms with E-state index in [-0.39, 0.29) is 5.91 Å². The fourth-order valence-electron chi connectivity index (χ4n) is 1.99. The van der Waals surface area contributed by atoms with Gasteiger partial charge in [-0.05, 0) is 39.7 Å². The molecule has 0 aliphatic heterocycles. The number of aromatic nitrogens is 1. The van der Waals surface area contributed by atoms with Gasteiger partial charge >= 0.3 is 0 Å². The molecule has 1 heterocycles. The van der Waals surface area contributed by atoms with Crippen LogP contribution in [0.4, 0.5) is 0 Å². The van der Waals surface area contributed by atoms with Crippen LogP contribution in [0.3, 0.4) is 0 Å². The minimum Gasteiger partial charge on any atom is -0.343 e. The van der Waals surface area contributed by atoms with Crippen LogP contribution in [0.25, 0.3) is 0 Å². The van der Waals surface area contributed by atoms with Gasteiger partial charge in [0, 0.05) is 18.5 Å². The van der Waals surface area contributed by atoms with Gasteiger partial charge < -0.3 is 10.6 Å². The average molecular weight is 283 g/mol. The molecule has 4 nitrogen and oxygen atoms in total. The Bertz CT molecular complexity index is 375. The molecule has 108 valence electrons. The highest BCUT2D eigenvalue weighted by Gasteiger charge is 2.12. The zero-order valence-corrected chi connectivity index (χ0v) is 12.8. The molecule has 0 unspecified atom stereocenters. The van der Waals surface area contributed by atoms with Gasteiger partial charge in [-0.3, -0.25) is 4.79 Å². The van der Waals surface area contributed by atoms with Crippen molar-refractivity contribution in [3.05, 3.63) is 16.1 Å². The maximum Gasteiger partial charge on any atom is 0.228 e. The lowest BCUT2D eigenvalue weighted by atomic mass is 10.2. The van der Waals surface area contributed by atoms with Crippen molar-refractivity contribution in [1.82, 2.24) is 9.88 Å². The smallest absolute Gasteiger partial charge is 0.228 e. The molecule has 0 aliphatic rings. The first-order chi connectivity index (χ1) is 9.21. The van der Waals surface area contributed by atoms with Crippen molar-refractivity contribution in [3.8, 4) is 0 Å². The summed E-state index contributed by atoms with van der Waals surface area (Å²) in [5, 5.41) is 3.15. The predicted octanol–water partition coefficient (Wildman–Crippen LogP) is 2.23. The van der Waals surface area contributed by atoms with Gasteiger partial charge in [0.1, 0.15) is 0 Å². The summed E-state index contributed by atoms with van der Waals surface area (Å²) in [4.78, 5) is 18.3. The van der Waals surface area contributed by atoms with E-state index in [9.17, 15) is 4.79 Å². The molecule has 19 heavy (non-hydrogen) atoms. The van der Waals surface area contributed by atoms with E-state index in [1.165, 1.54) is 0 Å². The van der Waals surface area contributed by atoms with Gasteiger partial charge in [-0.25, -0.2) is 4.98 Å². The molecule has 0 atom stereocenters. The Hall–Kier alpha value is -0.940. The number of carbonyl (C=O) groups is 1. The highest BCUT2D eigenvalue weighted by Crippen LogP contribution is 2.14. The number of nitrogens with zero attached hydrogens (tertiary/aromatic N) is 2. The van der Waals surface area contributed by atoms with Crippen LogP contribution in [0.5, 0.6) is 0 Å². The second kappa shape index (κ2) is 9.04. The first kappa shape index (κ1) is 16.1. The molecule has 0 saturated carbocycles. The van der Waals surface area contributed by atoms with Gasteiger partial charge in [0.15, 0.2) is 0 Å². The molecular formula is C14H25N3OS. The largest absolute Gasteiger partial charge is 0.343 e. The first-order valence-electron chi connectivity index (χ1n) is 7.12. The van der Waals surface area contributed by atoms with E-state index in [1.54, 1.807) is 11.3 Å². The lowest BCUT2D eigenvalue weighted by Gasteiger charge is -2.17. The number of amides is 1. The standard InChI is InChI=1S/C14H25N3OS/c1-3-17(4-2)14(18)10-12-11-19-13(16-12)8-6-5-7-9-15/h11H,3-10,15H2,1-2H3. The Morgan fingerprint density at radius 3 is 2.68 bits per heavy atom. The van der Waals surface area contributed by atoms with E-state index in [1.807, 2.05) is 24.1 Å². The Morgan fingerprint density at radius 2 is 2.05 bits per heavy atom. The maximum absolute atomic E-state index is 12.0. The quantitative estimate of drug-likeness (QED) is 0.707. The molecule has 0 bridgehead atoms. The zero-order chi connectivity index (χ0) is 14.1. The van der Waals surface area contributed by atoms with Gasteiger partial charge in [0.25, 0.3) is 0 Å². The Labute approximate surface area is 120 Å². The number of hydrogen-bond donors (Lipinski definition) is 1. The van der Waals surface area contributed by atoms with Crippen LogP contribution in [-0.4, -0.2) is 35.4 Å². The molecule has 1 aromatic rings. The SMILES string of the molecule is CCN(CC)C(=O)Cc1csc(CCCCCN)n1. The normalized spacial score (nSPS) is 10.7. The van der Waals surface area contributed by atoms with Crippen molar-refractivity contribution >= 4 is 17.2 Å². The molecule has 1 rings (SSSR count). The lowest BCUT2D eigenvalue weighted by Crippen LogP contribution is -2.31. The Morgan fingerprint density at radius 1 is 1.32 bits per heavy atom. The summed E-state index contributed by atoms with van der Waals surface area (Å²) in [5.41, 5.74) is 6.38. The van der Waals surface area contributed by atoms with E-state index in [4.69, 9.17) is 5.73 Å². The van der Waals surface area contributed by atoms with E-state index >= 15 is 0 Å². The van der Waals surface area contributed by atoms with E-state index < -0.39 is 0 Å². The van der Waals surface area contributed by atoms with Crippen LogP contribution < -0.4 is 5.73 Å². The van der Waals surface area contributed by atoms with E-state index in [0.29, 0.717) is 6.42 Å². The topological polar surface area (TPSA) is 59.2 Å². The molecule has 5 heteroatoms. The van der Waals surface area contributed by atoms with Crippen molar-refractivity contribution in [2.24, 2.45) is 5.73 Å². The molecule has 0 saturated heterocycles. The van der Waals surface area contributed by atoms with E-state index in [2.05, 4.69) is 4.98 Å². The zero-order valence-electron chi connectivity index (χ0n) is 12.0. The molecule has 0 aliphatic carbocycles. The molecular weight excluding hydrogens is 258 g/mol. The van der Waals surface area contributed by atoms with Crippen molar-refractivity contribution in [3.63, 3.8) is 0 Å². The molecule has 2 N–H and O–H groups in total. The first-order valence-corrected chi connectivity index (χ1v) is 8.00. The highest BCUT2D eigenvalue weighted by molar-refractivity contribution is 7.09. The fourth-order valence-corrected chi connectivity index (χ4v) is 2.83. The number of nitrogens with two attached hydrogens (primary N) is 1. The van der Waals surface area contributed by atoms with Gasteiger partial charge in [-0.2, -0.15) is 0 Å². The lowest BCUT2D eigenvalue weighted by molar-refractivity contribution is -0.130. The van der Waals surface area contributed by atoms with Crippen LogP contribution >= 0.6 is 11.3 Å². The molecule has 0 radical (unpaired) electrons. The second-order valence-electron chi connectivity index (χ2n) is 4.57. The third kappa shape index (κ3) is 5.70. The van der Waals surface area contributed by atoms with Crippen molar-refractivity contribution in [1.29, 1.82) is 0 Å². The molecule has 1 amide bonds. The third-order valence-corrected chi connectivity index (χ3v) is 4.10. The fraction of sp³-hybridized carbons (Fsp3) is 0.714. The van der Waals surface area contributed by atoms with Crippen LogP contribution in [0.2, 0.25) is 0 Å². The summed E-state index contributed by atoms with van der Waals surface area (Å²) in [5.74, 6) is 0.171. The molecule has 0 aromatic carbocycles. The summed E-state index contributed by atoms with van der Waals surface area (Å²) >= 11 is 1.66. The number of carbonyl (C=O) groups excluding carboxylic acids is 1. The number of hydrogen-bond acceptors (Lipinski definition) is 4. The average Bonchev–Trinajstić information content (AvgIpc) is 2.84. The van der Waals surface area contributed by atoms with Crippen molar-refractivity contribution < 1.29 is 4.79 Å². The van der Waals surface area contributed by atoms with Crippen molar-refractivity contribution in [2.75, 3.05) is 19.6 Å². The van der Waals surface area contributed by atoms with Gasteiger partial charge in [-0.15, -0.1) is 11.3 Å². The number of aryl methyl sites for hydroxylation is 1. The second-order valence-corrected chi connectivity index (χ2v) is 5.52. The van der Waals surface area contributed by atoms with Crippen LogP contribution in [0.1, 0.15) is 43.8 Å². The summed E-state index contributed by atoms with van der Waals surface area (Å²) < 4.78 is 0. The van der Waals surface area contributed by atoms with E-state index in [0.717, 1.165) is 56.0 Å². The maximum atomic E-state index is 12.0. The van der Waals surface area contributed by atoms with Gasteiger partial charge in [-0.1, -0.05) is 6.42 Å². The van der Waals surface area contributed by atoms with Crippen LogP contribution in [0.15, 0.2) is 5.38 Å². The van der Waals surface area contributed by atoms with Gasteiger partial charge in [0.2, 0.25) is 5.91 Å². The minimum absolute atomic E-state index is 0.171. The van der Waals surface area contributed by atoms with Gasteiger partial charge in [0.05, 0.1) is 17.1 Å². The Balaban J connectivity index is 2.39. The third-order valence-electron chi connectivity index (χ3n) is 3.14. The number of rotatable bonds is 9. The Kier molecular flexibility index (Phi) is 7.67. The number of likely N-dealkylation sites (N-methyl/N-ethyl adjacent to an activating group) is 1. The summed E-state index contributed by atoms with van der Waals surface area (Å²) in [6, 6.07) is 0. The van der Waals surface area contributed by atoms with Crippen LogP contribution in [-0.2, 0) is 17.6 Å².